The van der Waals surface area contributed by atoms with Gasteiger partial charge in [0.2, 0.25) is 0 Å². The Bertz CT molecular complexity index is 530. The van der Waals surface area contributed by atoms with Gasteiger partial charge in [-0.2, -0.15) is 0 Å². The Morgan fingerprint density at radius 1 is 1.35 bits per heavy atom. The van der Waals surface area contributed by atoms with Crippen LogP contribution in [0.4, 0.5) is 0 Å². The third-order valence-electron chi connectivity index (χ3n) is 3.37. The predicted molar refractivity (Wildman–Crippen MR) is 91.1 cm³/mol. The highest BCUT2D eigenvalue weighted by Crippen LogP contribution is 2.18. The molecule has 0 saturated carbocycles. The smallest absolute Gasteiger partial charge is 0.263 e. The van der Waals surface area contributed by atoms with Gasteiger partial charge in [-0.1, -0.05) is 37.2 Å². The van der Waals surface area contributed by atoms with E-state index in [2.05, 4.69) is 19.0 Å². The second kappa shape index (κ2) is 9.71. The number of oxime groups is 1. The second-order valence-corrected chi connectivity index (χ2v) is 5.85. The molecular weight excluding hydrogens is 294 g/mol. The molecule has 2 N–H and O–H groups in total. The molecule has 0 aliphatic carbocycles. The van der Waals surface area contributed by atoms with E-state index in [1.807, 2.05) is 24.3 Å². The number of benzene rings is 1. The van der Waals surface area contributed by atoms with Gasteiger partial charge in [-0.05, 0) is 18.4 Å². The van der Waals surface area contributed by atoms with Gasteiger partial charge in [0.05, 0.1) is 7.11 Å². The molecular formula is C17H27N3O3. The maximum atomic E-state index is 12.0. The lowest BCUT2D eigenvalue weighted by atomic mass is 10.1. The van der Waals surface area contributed by atoms with Crippen LogP contribution in [0.3, 0.4) is 0 Å². The van der Waals surface area contributed by atoms with Crippen LogP contribution < -0.4 is 10.5 Å². The van der Waals surface area contributed by atoms with Crippen LogP contribution in [0.5, 0.6) is 5.75 Å². The van der Waals surface area contributed by atoms with Gasteiger partial charge >= 0.3 is 0 Å². The van der Waals surface area contributed by atoms with Crippen LogP contribution in [0.2, 0.25) is 0 Å². The fraction of sp³-hybridized carbons (Fsp3) is 0.529. The minimum Gasteiger partial charge on any atom is -0.496 e. The van der Waals surface area contributed by atoms with E-state index in [0.717, 1.165) is 17.7 Å². The highest BCUT2D eigenvalue weighted by atomic mass is 16.6. The van der Waals surface area contributed by atoms with Crippen molar-refractivity contribution in [3.63, 3.8) is 0 Å². The third kappa shape index (κ3) is 7.04. The van der Waals surface area contributed by atoms with E-state index in [1.165, 1.54) is 0 Å². The molecule has 0 unspecified atom stereocenters. The molecule has 0 bridgehead atoms. The standard InChI is InChI=1S/C17H27N3O3/c1-13(2)9-10-16(18)19-23-12-17(21)20(3)11-14-7-5-6-8-15(14)22-4/h5-8,13H,9-12H2,1-4H3,(H2,18,19). The summed E-state index contributed by atoms with van der Waals surface area (Å²) in [5.74, 6) is 1.55. The first kappa shape index (κ1) is 18.8. The minimum absolute atomic E-state index is 0.131. The van der Waals surface area contributed by atoms with Gasteiger partial charge in [-0.3, -0.25) is 4.79 Å². The van der Waals surface area contributed by atoms with Crippen molar-refractivity contribution in [3.05, 3.63) is 29.8 Å². The first-order valence-electron chi connectivity index (χ1n) is 7.74. The first-order valence-corrected chi connectivity index (χ1v) is 7.74. The molecule has 0 spiro atoms. The average molecular weight is 321 g/mol. The number of nitrogens with zero attached hydrogens (tertiary/aromatic N) is 2. The molecule has 0 saturated heterocycles. The monoisotopic (exact) mass is 321 g/mol. The Kier molecular flexibility index (Phi) is 7.94. The Balaban J connectivity index is 2.44. The normalized spacial score (nSPS) is 11.4. The molecule has 1 amide bonds. The summed E-state index contributed by atoms with van der Waals surface area (Å²) in [6.07, 6.45) is 1.61. The number of hydrogen-bond acceptors (Lipinski definition) is 4. The van der Waals surface area contributed by atoms with Crippen LogP contribution in [-0.4, -0.2) is 37.4 Å². The third-order valence-corrected chi connectivity index (χ3v) is 3.37. The molecule has 23 heavy (non-hydrogen) atoms. The molecule has 1 aromatic carbocycles. The number of carbonyl (C=O) groups excluding carboxylic acids is 1. The van der Waals surface area contributed by atoms with Crippen LogP contribution in [0.25, 0.3) is 0 Å². The first-order chi connectivity index (χ1) is 10.9. The van der Waals surface area contributed by atoms with E-state index in [0.29, 0.717) is 24.7 Å². The summed E-state index contributed by atoms with van der Waals surface area (Å²) >= 11 is 0. The van der Waals surface area contributed by atoms with Crippen molar-refractivity contribution in [2.24, 2.45) is 16.8 Å². The van der Waals surface area contributed by atoms with E-state index in [-0.39, 0.29) is 12.5 Å². The summed E-state index contributed by atoms with van der Waals surface area (Å²) in [6, 6.07) is 7.59. The summed E-state index contributed by atoms with van der Waals surface area (Å²) < 4.78 is 5.28. The summed E-state index contributed by atoms with van der Waals surface area (Å²) in [7, 11) is 3.32. The molecule has 6 heteroatoms. The van der Waals surface area contributed by atoms with Gasteiger partial charge < -0.3 is 20.2 Å². The van der Waals surface area contributed by atoms with Crippen LogP contribution in [0.15, 0.2) is 29.4 Å². The van der Waals surface area contributed by atoms with Crippen molar-refractivity contribution in [2.45, 2.75) is 33.2 Å². The maximum absolute atomic E-state index is 12.0. The number of methoxy groups -OCH3 is 1. The Labute approximate surface area is 138 Å². The van der Waals surface area contributed by atoms with Crippen molar-refractivity contribution in [1.29, 1.82) is 0 Å². The largest absolute Gasteiger partial charge is 0.496 e. The number of nitrogens with two attached hydrogens (primary N) is 1. The van der Waals surface area contributed by atoms with E-state index in [1.54, 1.807) is 19.1 Å². The summed E-state index contributed by atoms with van der Waals surface area (Å²) in [5.41, 5.74) is 6.67. The van der Waals surface area contributed by atoms with Gasteiger partial charge in [-0.15, -0.1) is 0 Å². The highest BCUT2D eigenvalue weighted by molar-refractivity contribution is 5.80. The number of para-hydroxylation sites is 1. The van der Waals surface area contributed by atoms with E-state index >= 15 is 0 Å². The Morgan fingerprint density at radius 3 is 2.70 bits per heavy atom. The van der Waals surface area contributed by atoms with E-state index < -0.39 is 0 Å². The van der Waals surface area contributed by atoms with Crippen molar-refractivity contribution in [2.75, 3.05) is 20.8 Å². The van der Waals surface area contributed by atoms with E-state index in [9.17, 15) is 4.79 Å². The summed E-state index contributed by atoms with van der Waals surface area (Å²) in [5, 5.41) is 3.78. The Morgan fingerprint density at radius 2 is 2.04 bits per heavy atom. The number of rotatable bonds is 9. The zero-order chi connectivity index (χ0) is 17.2. The molecule has 0 radical (unpaired) electrons. The minimum atomic E-state index is -0.170. The molecule has 0 aliphatic rings. The predicted octanol–water partition coefficient (Wildman–Crippen LogP) is 2.38. The SMILES string of the molecule is COc1ccccc1CN(C)C(=O)CO/N=C(\N)CCC(C)C. The van der Waals surface area contributed by atoms with E-state index in [4.69, 9.17) is 15.3 Å². The fourth-order valence-electron chi connectivity index (χ4n) is 1.94. The van der Waals surface area contributed by atoms with Gasteiger partial charge in [0, 0.05) is 25.6 Å². The molecule has 0 fully saturated rings. The molecule has 128 valence electrons. The maximum Gasteiger partial charge on any atom is 0.263 e. The molecule has 1 aromatic rings. The molecule has 0 atom stereocenters. The van der Waals surface area contributed by atoms with Crippen LogP contribution in [-0.2, 0) is 16.2 Å². The zero-order valence-corrected chi connectivity index (χ0v) is 14.4. The van der Waals surface area contributed by atoms with Crippen molar-refractivity contribution >= 4 is 11.7 Å². The number of likely N-dealkylation sites (N-methyl/N-ethyl adjacent to an activating group) is 1. The number of hydrogen-bond donors (Lipinski definition) is 1. The fourth-order valence-corrected chi connectivity index (χ4v) is 1.94. The number of amidine groups is 1. The van der Waals surface area contributed by atoms with Crippen molar-refractivity contribution in [3.8, 4) is 5.75 Å². The lowest BCUT2D eigenvalue weighted by Gasteiger charge is -2.18. The van der Waals surface area contributed by atoms with Crippen molar-refractivity contribution in [1.82, 2.24) is 4.90 Å². The number of amides is 1. The van der Waals surface area contributed by atoms with Crippen LogP contribution >= 0.6 is 0 Å². The second-order valence-electron chi connectivity index (χ2n) is 5.85. The molecule has 0 aliphatic heterocycles. The highest BCUT2D eigenvalue weighted by Gasteiger charge is 2.12. The molecule has 1 rings (SSSR count). The summed E-state index contributed by atoms with van der Waals surface area (Å²) in [4.78, 5) is 18.7. The molecule has 6 nitrogen and oxygen atoms in total. The van der Waals surface area contributed by atoms with Crippen molar-refractivity contribution < 1.29 is 14.4 Å². The Hall–Kier alpha value is -2.24. The lowest BCUT2D eigenvalue weighted by Crippen LogP contribution is -2.29. The quantitative estimate of drug-likeness (QED) is 0.430. The van der Waals surface area contributed by atoms with Gasteiger partial charge in [0.25, 0.3) is 5.91 Å². The van der Waals surface area contributed by atoms with Gasteiger partial charge in [-0.25, -0.2) is 0 Å². The van der Waals surface area contributed by atoms with Crippen LogP contribution in [0, 0.1) is 5.92 Å². The average Bonchev–Trinajstić information content (AvgIpc) is 2.53. The van der Waals surface area contributed by atoms with Gasteiger partial charge in [0.15, 0.2) is 6.61 Å². The lowest BCUT2D eigenvalue weighted by molar-refractivity contribution is -0.135. The zero-order valence-electron chi connectivity index (χ0n) is 14.4. The van der Waals surface area contributed by atoms with Gasteiger partial charge in [0.1, 0.15) is 11.6 Å². The molecule has 0 heterocycles. The number of carbonyl (C=O) groups is 1. The van der Waals surface area contributed by atoms with Crippen LogP contribution in [0.1, 0.15) is 32.3 Å². The topological polar surface area (TPSA) is 77.1 Å². The summed E-state index contributed by atoms with van der Waals surface area (Å²) in [6.45, 7) is 4.54. The molecule has 0 aromatic heterocycles. The number of ether oxygens (including phenoxy) is 1.